The van der Waals surface area contributed by atoms with Crippen LogP contribution in [0.1, 0.15) is 20.8 Å². The molecule has 8 heteroatoms. The number of nitrogens with two attached hydrogens (primary N) is 1. The molecule has 6 nitrogen and oxygen atoms in total. The Kier molecular flexibility index (Phi) is 6.49. The first-order valence-electron chi connectivity index (χ1n) is 8.34. The van der Waals surface area contributed by atoms with Gasteiger partial charge in [-0.3, -0.25) is 0 Å². The monoisotopic (exact) mass is 395 g/mol. The molecule has 0 atom stereocenters. The molecular formula is C19H23ClFN3O3. The van der Waals surface area contributed by atoms with E-state index in [0.29, 0.717) is 28.6 Å². The first-order chi connectivity index (χ1) is 12.6. The summed E-state index contributed by atoms with van der Waals surface area (Å²) >= 11 is 6.11. The molecule has 0 fully saturated rings. The minimum atomic E-state index is -0.549. The lowest BCUT2D eigenvalue weighted by Crippen LogP contribution is -2.36. The summed E-state index contributed by atoms with van der Waals surface area (Å²) in [5.41, 5.74) is 6.07. The second-order valence-electron chi connectivity index (χ2n) is 6.99. The molecule has 1 aromatic heterocycles. The second-order valence-corrected chi connectivity index (χ2v) is 7.40. The summed E-state index contributed by atoms with van der Waals surface area (Å²) < 4.78 is 24.5. The van der Waals surface area contributed by atoms with Crippen molar-refractivity contribution in [2.24, 2.45) is 0 Å². The van der Waals surface area contributed by atoms with Gasteiger partial charge in [-0.05, 0) is 39.0 Å². The van der Waals surface area contributed by atoms with Crippen LogP contribution in [0.5, 0.6) is 5.88 Å². The Balaban J connectivity index is 1.93. The number of carbonyl (C=O) groups excluding carboxylic acids is 1. The number of amides is 1. The van der Waals surface area contributed by atoms with Crippen molar-refractivity contribution < 1.29 is 18.7 Å². The molecule has 0 aliphatic rings. The van der Waals surface area contributed by atoms with Crippen LogP contribution in [0.25, 0.3) is 11.1 Å². The lowest BCUT2D eigenvalue weighted by Gasteiger charge is -2.24. The van der Waals surface area contributed by atoms with Crippen LogP contribution in [-0.2, 0) is 4.74 Å². The molecule has 0 unspecified atom stereocenters. The van der Waals surface area contributed by atoms with Gasteiger partial charge < -0.3 is 20.1 Å². The maximum absolute atomic E-state index is 13.7. The largest absolute Gasteiger partial charge is 0.476 e. The van der Waals surface area contributed by atoms with Crippen molar-refractivity contribution in [1.82, 2.24) is 9.88 Å². The highest BCUT2D eigenvalue weighted by Crippen LogP contribution is 2.31. The van der Waals surface area contributed by atoms with Gasteiger partial charge in [0.1, 0.15) is 18.0 Å². The lowest BCUT2D eigenvalue weighted by molar-refractivity contribution is 0.0277. The summed E-state index contributed by atoms with van der Waals surface area (Å²) in [5, 5.41) is 0.336. The number of rotatable bonds is 5. The van der Waals surface area contributed by atoms with E-state index in [1.54, 1.807) is 40.0 Å². The zero-order chi connectivity index (χ0) is 20.2. The molecule has 0 bridgehead atoms. The van der Waals surface area contributed by atoms with Crippen LogP contribution in [0, 0.1) is 5.82 Å². The third kappa shape index (κ3) is 5.99. The van der Waals surface area contributed by atoms with E-state index in [0.717, 1.165) is 0 Å². The van der Waals surface area contributed by atoms with Gasteiger partial charge in [0.05, 0.1) is 17.3 Å². The van der Waals surface area contributed by atoms with E-state index in [9.17, 15) is 9.18 Å². The van der Waals surface area contributed by atoms with Crippen molar-refractivity contribution in [3.8, 4) is 17.0 Å². The van der Waals surface area contributed by atoms with Crippen LogP contribution in [0.4, 0.5) is 14.9 Å². The quantitative estimate of drug-likeness (QED) is 0.760. The number of aromatic nitrogens is 1. The van der Waals surface area contributed by atoms with E-state index in [1.165, 1.54) is 23.2 Å². The molecule has 1 aromatic carbocycles. The Morgan fingerprint density at radius 2 is 2.04 bits per heavy atom. The SMILES string of the molecule is CN(CCOc1ccc(-c2cc(F)c(N)cc2Cl)cn1)C(=O)OC(C)(C)C. The van der Waals surface area contributed by atoms with E-state index in [1.807, 2.05) is 0 Å². The summed E-state index contributed by atoms with van der Waals surface area (Å²) in [6.45, 7) is 6.01. The standard InChI is InChI=1S/C19H23ClFN3O3/c1-19(2,3)27-18(25)24(4)7-8-26-17-6-5-12(11-23-17)13-9-15(21)16(22)10-14(13)20/h5-6,9-11H,7-8,22H2,1-4H3. The number of likely N-dealkylation sites (N-methyl/N-ethyl adjacent to an activating group) is 1. The number of anilines is 1. The molecule has 27 heavy (non-hydrogen) atoms. The Hall–Kier alpha value is -2.54. The zero-order valence-corrected chi connectivity index (χ0v) is 16.5. The molecule has 146 valence electrons. The maximum Gasteiger partial charge on any atom is 0.410 e. The maximum atomic E-state index is 13.7. The molecule has 0 aliphatic carbocycles. The van der Waals surface area contributed by atoms with E-state index >= 15 is 0 Å². The normalized spacial score (nSPS) is 11.2. The Bertz CT molecular complexity index is 807. The van der Waals surface area contributed by atoms with Gasteiger partial charge in [-0.1, -0.05) is 11.6 Å². The smallest absolute Gasteiger partial charge is 0.410 e. The predicted molar refractivity (Wildman–Crippen MR) is 103 cm³/mol. The highest BCUT2D eigenvalue weighted by atomic mass is 35.5. The number of pyridine rings is 1. The van der Waals surface area contributed by atoms with Crippen molar-refractivity contribution in [3.63, 3.8) is 0 Å². The van der Waals surface area contributed by atoms with Crippen LogP contribution in [0.2, 0.25) is 5.02 Å². The van der Waals surface area contributed by atoms with Crippen LogP contribution >= 0.6 is 11.6 Å². The van der Waals surface area contributed by atoms with Gasteiger partial charge in [0.2, 0.25) is 5.88 Å². The van der Waals surface area contributed by atoms with Gasteiger partial charge in [-0.25, -0.2) is 14.2 Å². The molecule has 0 saturated carbocycles. The highest BCUT2D eigenvalue weighted by Gasteiger charge is 2.19. The van der Waals surface area contributed by atoms with Crippen molar-refractivity contribution in [2.45, 2.75) is 26.4 Å². The first kappa shape index (κ1) is 20.8. The van der Waals surface area contributed by atoms with Crippen molar-refractivity contribution in [3.05, 3.63) is 41.3 Å². The van der Waals surface area contributed by atoms with E-state index < -0.39 is 17.5 Å². The molecule has 2 aromatic rings. The first-order valence-corrected chi connectivity index (χ1v) is 8.72. The molecule has 0 saturated heterocycles. The number of nitrogen functional groups attached to an aromatic ring is 1. The third-order valence-corrected chi connectivity index (χ3v) is 3.83. The summed E-state index contributed by atoms with van der Waals surface area (Å²) in [5.74, 6) is -0.164. The predicted octanol–water partition coefficient (Wildman–Crippen LogP) is 4.37. The van der Waals surface area contributed by atoms with Gasteiger partial charge in [-0.15, -0.1) is 0 Å². The Labute approximate surface area is 163 Å². The number of carbonyl (C=O) groups is 1. The molecule has 2 N–H and O–H groups in total. The Morgan fingerprint density at radius 1 is 1.33 bits per heavy atom. The number of nitrogens with zero attached hydrogens (tertiary/aromatic N) is 2. The molecule has 0 spiro atoms. The van der Waals surface area contributed by atoms with Crippen molar-refractivity contribution in [2.75, 3.05) is 25.9 Å². The van der Waals surface area contributed by atoms with E-state index in [-0.39, 0.29) is 12.3 Å². The summed E-state index contributed by atoms with van der Waals surface area (Å²) in [6.07, 6.45) is 1.11. The van der Waals surface area contributed by atoms with Crippen molar-refractivity contribution in [1.29, 1.82) is 0 Å². The average Bonchev–Trinajstić information content (AvgIpc) is 2.57. The van der Waals surface area contributed by atoms with Crippen LogP contribution in [0.15, 0.2) is 30.5 Å². The van der Waals surface area contributed by atoms with E-state index in [2.05, 4.69) is 4.98 Å². The summed E-state index contributed by atoms with van der Waals surface area (Å²) in [7, 11) is 1.63. The van der Waals surface area contributed by atoms with Crippen molar-refractivity contribution >= 4 is 23.4 Å². The van der Waals surface area contributed by atoms with E-state index in [4.69, 9.17) is 26.8 Å². The topological polar surface area (TPSA) is 77.7 Å². The molecule has 2 rings (SSSR count). The van der Waals surface area contributed by atoms with Gasteiger partial charge in [0, 0.05) is 30.4 Å². The van der Waals surface area contributed by atoms with Crippen LogP contribution in [0.3, 0.4) is 0 Å². The summed E-state index contributed by atoms with van der Waals surface area (Å²) in [4.78, 5) is 17.5. The van der Waals surface area contributed by atoms with Gasteiger partial charge >= 0.3 is 6.09 Å². The summed E-state index contributed by atoms with van der Waals surface area (Å²) in [6, 6.07) is 6.00. The van der Waals surface area contributed by atoms with Crippen LogP contribution < -0.4 is 10.5 Å². The molecule has 0 radical (unpaired) electrons. The number of ether oxygens (including phenoxy) is 2. The molecule has 1 heterocycles. The fourth-order valence-corrected chi connectivity index (χ4v) is 2.41. The molecule has 0 aliphatic heterocycles. The minimum absolute atomic E-state index is 0.00855. The highest BCUT2D eigenvalue weighted by molar-refractivity contribution is 6.33. The Morgan fingerprint density at radius 3 is 2.63 bits per heavy atom. The fraction of sp³-hybridized carbons (Fsp3) is 0.368. The van der Waals surface area contributed by atoms with Crippen LogP contribution in [-0.4, -0.2) is 41.8 Å². The number of hydrogen-bond donors (Lipinski definition) is 1. The second kappa shape index (κ2) is 8.43. The third-order valence-electron chi connectivity index (χ3n) is 3.52. The number of benzene rings is 1. The number of halogens is 2. The van der Waals surface area contributed by atoms with Gasteiger partial charge in [0.25, 0.3) is 0 Å². The van der Waals surface area contributed by atoms with Gasteiger partial charge in [0.15, 0.2) is 0 Å². The molecule has 1 amide bonds. The zero-order valence-electron chi connectivity index (χ0n) is 15.8. The number of hydrogen-bond acceptors (Lipinski definition) is 5. The lowest BCUT2D eigenvalue weighted by atomic mass is 10.1. The molecular weight excluding hydrogens is 373 g/mol. The average molecular weight is 396 g/mol. The fourth-order valence-electron chi connectivity index (χ4n) is 2.13. The minimum Gasteiger partial charge on any atom is -0.476 e. The van der Waals surface area contributed by atoms with Gasteiger partial charge in [-0.2, -0.15) is 0 Å².